The normalized spacial score (nSPS) is 26.3. The third-order valence-corrected chi connectivity index (χ3v) is 5.91. The average Bonchev–Trinajstić information content (AvgIpc) is 3.23. The first-order chi connectivity index (χ1) is 13.9. The van der Waals surface area contributed by atoms with Gasteiger partial charge in [-0.25, -0.2) is 15.1 Å². The number of nitrogens with zero attached hydrogens (tertiary/aromatic N) is 2. The van der Waals surface area contributed by atoms with E-state index in [1.807, 2.05) is 6.07 Å². The second kappa shape index (κ2) is 8.23. The van der Waals surface area contributed by atoms with Crippen LogP contribution in [0.2, 0.25) is 0 Å². The first-order valence-corrected chi connectivity index (χ1v) is 11.0. The van der Waals surface area contributed by atoms with Gasteiger partial charge in [0.15, 0.2) is 0 Å². The van der Waals surface area contributed by atoms with E-state index >= 15 is 0 Å². The molecule has 0 saturated heterocycles. The molecule has 0 aliphatic heterocycles. The number of aliphatic hydroxyl groups is 1. The van der Waals surface area contributed by atoms with E-state index in [4.69, 9.17) is 9.88 Å². The highest BCUT2D eigenvalue weighted by Crippen LogP contribution is 2.34. The van der Waals surface area contributed by atoms with Crippen molar-refractivity contribution >= 4 is 16.1 Å². The highest BCUT2D eigenvalue weighted by Gasteiger charge is 2.35. The minimum atomic E-state index is -4.03. The second-order valence-corrected chi connectivity index (χ2v) is 8.71. The SMILES string of the molecule is NS(=O)(=O)OC[C@@H]1C[C@@H](Oc2cc(N[C@H]3CCc4ccccc43)ncn2)C[C@@H]1O. The van der Waals surface area contributed by atoms with Gasteiger partial charge < -0.3 is 15.2 Å². The highest BCUT2D eigenvalue weighted by atomic mass is 32.2. The molecule has 29 heavy (non-hydrogen) atoms. The third kappa shape index (κ3) is 5.02. The van der Waals surface area contributed by atoms with Crippen LogP contribution in [0.5, 0.6) is 5.88 Å². The first-order valence-electron chi connectivity index (χ1n) is 9.55. The molecule has 1 saturated carbocycles. The van der Waals surface area contributed by atoms with Gasteiger partial charge in [0, 0.05) is 18.4 Å². The van der Waals surface area contributed by atoms with E-state index in [-0.39, 0.29) is 24.7 Å². The Morgan fingerprint density at radius 1 is 1.24 bits per heavy atom. The van der Waals surface area contributed by atoms with E-state index in [1.54, 1.807) is 6.07 Å². The molecule has 0 spiro atoms. The summed E-state index contributed by atoms with van der Waals surface area (Å²) in [5, 5.41) is 18.4. The largest absolute Gasteiger partial charge is 0.474 e. The fourth-order valence-corrected chi connectivity index (χ4v) is 4.41. The Labute approximate surface area is 169 Å². The van der Waals surface area contributed by atoms with Crippen molar-refractivity contribution in [2.75, 3.05) is 11.9 Å². The summed E-state index contributed by atoms with van der Waals surface area (Å²) in [6.07, 6.45) is 3.25. The van der Waals surface area contributed by atoms with Crippen molar-refractivity contribution in [3.8, 4) is 5.88 Å². The van der Waals surface area contributed by atoms with Gasteiger partial charge in [-0.3, -0.25) is 4.18 Å². The Kier molecular flexibility index (Phi) is 5.68. The number of anilines is 1. The summed E-state index contributed by atoms with van der Waals surface area (Å²) in [5.74, 6) is 0.705. The molecule has 1 aromatic heterocycles. The molecule has 2 aliphatic rings. The summed E-state index contributed by atoms with van der Waals surface area (Å²) >= 11 is 0. The Morgan fingerprint density at radius 3 is 2.90 bits per heavy atom. The number of hydrogen-bond donors (Lipinski definition) is 3. The standard InChI is InChI=1S/C19H24N4O5S/c20-29(25,26)27-10-13-7-14(8-17(13)24)28-19-9-18(21-11-22-19)23-16-6-5-12-3-1-2-4-15(12)16/h1-4,9,11,13-14,16-17,24H,5-8,10H2,(H2,20,25,26)(H,21,22,23)/t13-,14+,16-,17-/m0/s1. The van der Waals surface area contributed by atoms with Crippen molar-refractivity contribution in [1.82, 2.24) is 9.97 Å². The van der Waals surface area contributed by atoms with Crippen LogP contribution in [0.1, 0.15) is 36.4 Å². The van der Waals surface area contributed by atoms with Crippen LogP contribution in [0.15, 0.2) is 36.7 Å². The van der Waals surface area contributed by atoms with Gasteiger partial charge in [0.05, 0.1) is 18.8 Å². The fourth-order valence-electron chi connectivity index (χ4n) is 4.05. The van der Waals surface area contributed by atoms with E-state index in [9.17, 15) is 13.5 Å². The van der Waals surface area contributed by atoms with Crippen LogP contribution in [-0.4, -0.2) is 42.3 Å². The highest BCUT2D eigenvalue weighted by molar-refractivity contribution is 7.84. The molecule has 0 radical (unpaired) electrons. The Hall–Kier alpha value is -2.27. The zero-order valence-corrected chi connectivity index (χ0v) is 16.6. The molecular weight excluding hydrogens is 396 g/mol. The Balaban J connectivity index is 1.36. The van der Waals surface area contributed by atoms with E-state index in [1.165, 1.54) is 17.5 Å². The van der Waals surface area contributed by atoms with E-state index < -0.39 is 16.4 Å². The van der Waals surface area contributed by atoms with Crippen molar-refractivity contribution in [2.45, 2.75) is 43.9 Å². The molecule has 9 nitrogen and oxygen atoms in total. The number of aromatic nitrogens is 2. The molecule has 1 fully saturated rings. The fraction of sp³-hybridized carbons (Fsp3) is 0.474. The maximum Gasteiger partial charge on any atom is 0.333 e. The van der Waals surface area contributed by atoms with Gasteiger partial charge in [-0.1, -0.05) is 24.3 Å². The van der Waals surface area contributed by atoms with E-state index in [0.717, 1.165) is 12.8 Å². The predicted octanol–water partition coefficient (Wildman–Crippen LogP) is 1.31. The molecule has 156 valence electrons. The van der Waals surface area contributed by atoms with Crippen molar-refractivity contribution in [1.29, 1.82) is 0 Å². The molecule has 4 N–H and O–H groups in total. The van der Waals surface area contributed by atoms with Crippen LogP contribution < -0.4 is 15.2 Å². The molecule has 4 rings (SSSR count). The summed E-state index contributed by atoms with van der Waals surface area (Å²) in [5.41, 5.74) is 2.63. The number of hydrogen-bond acceptors (Lipinski definition) is 8. The first kappa shape index (κ1) is 20.0. The summed E-state index contributed by atoms with van der Waals surface area (Å²) < 4.78 is 32.4. The maximum atomic E-state index is 10.9. The summed E-state index contributed by atoms with van der Waals surface area (Å²) in [7, 11) is -4.03. The van der Waals surface area contributed by atoms with Crippen molar-refractivity contribution in [2.24, 2.45) is 11.1 Å². The molecule has 1 aromatic carbocycles. The number of rotatable bonds is 7. The van der Waals surface area contributed by atoms with Gasteiger partial charge in [-0.15, -0.1) is 0 Å². The number of benzene rings is 1. The molecule has 2 aromatic rings. The van der Waals surface area contributed by atoms with Crippen molar-refractivity contribution in [3.05, 3.63) is 47.8 Å². The smallest absolute Gasteiger partial charge is 0.333 e. The quantitative estimate of drug-likeness (QED) is 0.610. The lowest BCUT2D eigenvalue weighted by Gasteiger charge is -2.16. The van der Waals surface area contributed by atoms with Gasteiger partial charge in [0.25, 0.3) is 0 Å². The average molecular weight is 420 g/mol. The van der Waals surface area contributed by atoms with Crippen LogP contribution in [-0.2, 0) is 20.9 Å². The molecule has 10 heteroatoms. The van der Waals surface area contributed by atoms with Gasteiger partial charge in [0.2, 0.25) is 5.88 Å². The summed E-state index contributed by atoms with van der Waals surface area (Å²) in [6.45, 7) is -0.169. The number of aryl methyl sites for hydroxylation is 1. The molecule has 0 bridgehead atoms. The summed E-state index contributed by atoms with van der Waals surface area (Å²) in [4.78, 5) is 8.44. The van der Waals surface area contributed by atoms with Gasteiger partial charge in [-0.05, 0) is 30.4 Å². The molecular formula is C19H24N4O5S. The number of fused-ring (bicyclic) bond motifs is 1. The third-order valence-electron chi connectivity index (χ3n) is 5.44. The maximum absolute atomic E-state index is 10.9. The zero-order chi connectivity index (χ0) is 20.4. The number of nitrogens with one attached hydrogen (secondary N) is 1. The minimum absolute atomic E-state index is 0.169. The van der Waals surface area contributed by atoms with Crippen LogP contribution in [0, 0.1) is 5.92 Å². The van der Waals surface area contributed by atoms with E-state index in [2.05, 4.69) is 37.7 Å². The lowest BCUT2D eigenvalue weighted by atomic mass is 10.1. The van der Waals surface area contributed by atoms with Crippen LogP contribution in [0.4, 0.5) is 5.82 Å². The lowest BCUT2D eigenvalue weighted by Crippen LogP contribution is -2.24. The molecule has 2 aliphatic carbocycles. The second-order valence-electron chi connectivity index (χ2n) is 7.49. The monoisotopic (exact) mass is 420 g/mol. The minimum Gasteiger partial charge on any atom is -0.474 e. The van der Waals surface area contributed by atoms with Crippen LogP contribution in [0.25, 0.3) is 0 Å². The van der Waals surface area contributed by atoms with Crippen LogP contribution >= 0.6 is 0 Å². The van der Waals surface area contributed by atoms with Gasteiger partial charge in [-0.2, -0.15) is 8.42 Å². The predicted molar refractivity (Wildman–Crippen MR) is 105 cm³/mol. The van der Waals surface area contributed by atoms with E-state index in [0.29, 0.717) is 24.5 Å². The van der Waals surface area contributed by atoms with Crippen molar-refractivity contribution < 1.29 is 22.4 Å². The number of ether oxygens (including phenoxy) is 1. The molecule has 1 heterocycles. The van der Waals surface area contributed by atoms with Crippen LogP contribution in [0.3, 0.4) is 0 Å². The van der Waals surface area contributed by atoms with Gasteiger partial charge >= 0.3 is 10.3 Å². The zero-order valence-electron chi connectivity index (χ0n) is 15.8. The number of nitrogens with two attached hydrogens (primary N) is 1. The molecule has 0 unspecified atom stereocenters. The van der Waals surface area contributed by atoms with Crippen molar-refractivity contribution in [3.63, 3.8) is 0 Å². The topological polar surface area (TPSA) is 137 Å². The number of aliphatic hydroxyl groups excluding tert-OH is 1. The lowest BCUT2D eigenvalue weighted by molar-refractivity contribution is 0.0986. The Bertz CT molecular complexity index is 971. The Morgan fingerprint density at radius 2 is 2.07 bits per heavy atom. The molecule has 0 amide bonds. The van der Waals surface area contributed by atoms with Gasteiger partial charge in [0.1, 0.15) is 18.2 Å². The molecule has 4 atom stereocenters. The summed E-state index contributed by atoms with van der Waals surface area (Å²) in [6, 6.07) is 10.3.